The van der Waals surface area contributed by atoms with E-state index in [0.29, 0.717) is 54.2 Å². The molecule has 0 aliphatic carbocycles. The van der Waals surface area contributed by atoms with Crippen molar-refractivity contribution in [3.8, 4) is 17.3 Å². The maximum atomic E-state index is 12.7. The van der Waals surface area contributed by atoms with E-state index in [-0.39, 0.29) is 11.8 Å². The fourth-order valence-electron chi connectivity index (χ4n) is 3.97. The number of aryl methyl sites for hydroxylation is 1. The van der Waals surface area contributed by atoms with Crippen LogP contribution in [0.25, 0.3) is 11.5 Å². The topological polar surface area (TPSA) is 108 Å². The zero-order valence-electron chi connectivity index (χ0n) is 18.4. The van der Waals surface area contributed by atoms with Crippen molar-refractivity contribution in [1.82, 2.24) is 29.6 Å². The Morgan fingerprint density at radius 3 is 2.91 bits per heavy atom. The highest BCUT2D eigenvalue weighted by molar-refractivity contribution is 5.94. The summed E-state index contributed by atoms with van der Waals surface area (Å²) in [6.45, 7) is 8.31. The lowest BCUT2D eigenvalue weighted by molar-refractivity contribution is -0.116. The van der Waals surface area contributed by atoms with Gasteiger partial charge in [0.05, 0.1) is 12.8 Å². The van der Waals surface area contributed by atoms with E-state index >= 15 is 0 Å². The van der Waals surface area contributed by atoms with Crippen LogP contribution in [-0.2, 0) is 4.79 Å². The molecule has 1 amide bonds. The van der Waals surface area contributed by atoms with Gasteiger partial charge in [-0.05, 0) is 43.7 Å². The van der Waals surface area contributed by atoms with E-state index in [4.69, 9.17) is 9.47 Å². The number of carbonyl (C=O) groups excluding carboxylic acids is 1. The molecule has 0 radical (unpaired) electrons. The number of hydrogen-bond acceptors (Lipinski definition) is 7. The fourth-order valence-corrected chi connectivity index (χ4v) is 3.97. The molecule has 33 heavy (non-hydrogen) atoms. The zero-order chi connectivity index (χ0) is 22.9. The van der Waals surface area contributed by atoms with Crippen LogP contribution in [0.5, 0.6) is 11.5 Å². The van der Waals surface area contributed by atoms with Crippen LogP contribution >= 0.6 is 0 Å². The largest absolute Gasteiger partial charge is 0.490 e. The Morgan fingerprint density at radius 2 is 2.09 bits per heavy atom. The summed E-state index contributed by atoms with van der Waals surface area (Å²) < 4.78 is 14.8. The second kappa shape index (κ2) is 8.38. The summed E-state index contributed by atoms with van der Waals surface area (Å²) in [4.78, 5) is 12.7. The molecule has 1 atom stereocenters. The smallest absolute Gasteiger partial charge is 0.226 e. The third-order valence-corrected chi connectivity index (χ3v) is 5.47. The molecule has 1 aromatic carbocycles. The summed E-state index contributed by atoms with van der Waals surface area (Å²) in [6.07, 6.45) is 3.75. The van der Waals surface area contributed by atoms with Crippen LogP contribution in [0.1, 0.15) is 36.2 Å². The number of rotatable bonds is 7. The van der Waals surface area contributed by atoms with E-state index in [1.807, 2.05) is 38.1 Å². The third-order valence-electron chi connectivity index (χ3n) is 5.47. The van der Waals surface area contributed by atoms with Crippen molar-refractivity contribution in [3.63, 3.8) is 0 Å². The van der Waals surface area contributed by atoms with Gasteiger partial charge >= 0.3 is 0 Å². The van der Waals surface area contributed by atoms with Crippen LogP contribution in [-0.4, -0.2) is 48.7 Å². The highest BCUT2D eigenvalue weighted by atomic mass is 16.5. The van der Waals surface area contributed by atoms with Gasteiger partial charge in [-0.2, -0.15) is 14.3 Å². The van der Waals surface area contributed by atoms with Gasteiger partial charge in [0.1, 0.15) is 12.4 Å². The molecule has 0 bridgehead atoms. The van der Waals surface area contributed by atoms with Crippen molar-refractivity contribution < 1.29 is 14.3 Å². The predicted molar refractivity (Wildman–Crippen MR) is 121 cm³/mol. The van der Waals surface area contributed by atoms with E-state index in [2.05, 4.69) is 32.3 Å². The van der Waals surface area contributed by atoms with Gasteiger partial charge < -0.3 is 14.8 Å². The first-order valence-electron chi connectivity index (χ1n) is 10.7. The van der Waals surface area contributed by atoms with E-state index in [9.17, 15) is 4.79 Å². The molecule has 10 nitrogen and oxygen atoms in total. The molecule has 1 N–H and O–H groups in total. The van der Waals surface area contributed by atoms with Crippen LogP contribution in [0.4, 0.5) is 5.82 Å². The highest BCUT2D eigenvalue weighted by Crippen LogP contribution is 2.40. The quantitative estimate of drug-likeness (QED) is 0.436. The van der Waals surface area contributed by atoms with Crippen molar-refractivity contribution in [2.45, 2.75) is 26.2 Å². The van der Waals surface area contributed by atoms with Crippen LogP contribution in [0, 0.1) is 6.92 Å². The van der Waals surface area contributed by atoms with Gasteiger partial charge in [0.25, 0.3) is 0 Å². The van der Waals surface area contributed by atoms with Gasteiger partial charge in [0.15, 0.2) is 28.8 Å². The number of anilines is 1. The summed E-state index contributed by atoms with van der Waals surface area (Å²) in [7, 11) is 0. The minimum absolute atomic E-state index is 0.0965. The fraction of sp³-hybridized carbons (Fsp3) is 0.261. The molecule has 10 heteroatoms. The minimum Gasteiger partial charge on any atom is -0.490 e. The number of amides is 1. The van der Waals surface area contributed by atoms with Gasteiger partial charge in [0.2, 0.25) is 5.91 Å². The van der Waals surface area contributed by atoms with Gasteiger partial charge in [-0.25, -0.2) is 0 Å². The number of ether oxygens (including phenoxy) is 2. The van der Waals surface area contributed by atoms with Crippen LogP contribution in [0.2, 0.25) is 0 Å². The Bertz CT molecular complexity index is 1360. The number of nitrogens with one attached hydrogen (secondary N) is 1. The van der Waals surface area contributed by atoms with Crippen molar-refractivity contribution in [2.24, 2.45) is 0 Å². The lowest BCUT2D eigenvalue weighted by Crippen LogP contribution is -2.25. The van der Waals surface area contributed by atoms with Gasteiger partial charge in [-0.15, -0.1) is 15.3 Å². The molecular formula is C23H23N7O3. The maximum Gasteiger partial charge on any atom is 0.226 e. The summed E-state index contributed by atoms with van der Waals surface area (Å²) in [6, 6.07) is 9.36. The Labute approximate surface area is 189 Å². The van der Waals surface area contributed by atoms with Crippen LogP contribution in [0.3, 0.4) is 0 Å². The normalized spacial score (nSPS) is 15.2. The van der Waals surface area contributed by atoms with E-state index < -0.39 is 0 Å². The van der Waals surface area contributed by atoms with Crippen LogP contribution in [0.15, 0.2) is 49.2 Å². The summed E-state index contributed by atoms with van der Waals surface area (Å²) in [5.41, 5.74) is 2.48. The number of fused-ring (bicyclic) bond motifs is 2. The molecule has 5 rings (SSSR count). The number of nitrogens with zero attached hydrogens (tertiary/aromatic N) is 6. The zero-order valence-corrected chi connectivity index (χ0v) is 18.4. The van der Waals surface area contributed by atoms with E-state index in [0.717, 1.165) is 11.1 Å². The monoisotopic (exact) mass is 445 g/mol. The number of hydrogen-bond donors (Lipinski definition) is 1. The predicted octanol–water partition coefficient (Wildman–Crippen LogP) is 3.06. The summed E-state index contributed by atoms with van der Waals surface area (Å²) in [5, 5.41) is 20.2. The second-order valence-corrected chi connectivity index (χ2v) is 7.61. The summed E-state index contributed by atoms with van der Waals surface area (Å²) >= 11 is 0. The molecular weight excluding hydrogens is 422 g/mol. The van der Waals surface area contributed by atoms with Crippen molar-refractivity contribution in [1.29, 1.82) is 0 Å². The molecule has 4 heterocycles. The first-order valence-corrected chi connectivity index (χ1v) is 10.7. The third kappa shape index (κ3) is 3.69. The van der Waals surface area contributed by atoms with E-state index in [1.165, 1.54) is 0 Å². The molecule has 0 fully saturated rings. The molecule has 168 valence electrons. The molecule has 0 saturated heterocycles. The van der Waals surface area contributed by atoms with Crippen LogP contribution < -0.4 is 14.8 Å². The molecule has 3 aromatic heterocycles. The second-order valence-electron chi connectivity index (χ2n) is 7.61. The standard InChI is InChI=1S/C23H23N7O3/c1-4-10-33-18-7-6-15(11-19(18)32-5-2)16-12-22(31)25-23-17(16)13-24-30(23)21-9-8-20-27-26-14(3)29(20)28-21/h4,6-9,11,13,16H,1,5,10,12H2,2-3H3,(H,25,31)/t16-/m0/s1. The average Bonchev–Trinajstić information content (AvgIpc) is 3.41. The first kappa shape index (κ1) is 20.7. The van der Waals surface area contributed by atoms with Gasteiger partial charge in [0, 0.05) is 17.9 Å². The van der Waals surface area contributed by atoms with Crippen molar-refractivity contribution in [3.05, 3.63) is 66.1 Å². The molecule has 4 aromatic rings. The molecule has 1 aliphatic rings. The Kier molecular flexibility index (Phi) is 5.25. The Balaban J connectivity index is 1.55. The minimum atomic E-state index is -0.185. The molecule has 0 spiro atoms. The molecule has 0 saturated carbocycles. The SMILES string of the molecule is C=CCOc1ccc([C@@H]2CC(=O)Nc3c2cnn3-c2ccc3nnc(C)n3n2)cc1OCC. The number of carbonyl (C=O) groups is 1. The number of benzene rings is 1. The summed E-state index contributed by atoms with van der Waals surface area (Å²) in [5.74, 6) is 2.80. The van der Waals surface area contributed by atoms with E-state index in [1.54, 1.807) is 27.5 Å². The lowest BCUT2D eigenvalue weighted by Gasteiger charge is -2.24. The Hall–Kier alpha value is -4.21. The van der Waals surface area contributed by atoms with Crippen molar-refractivity contribution in [2.75, 3.05) is 18.5 Å². The Morgan fingerprint density at radius 1 is 1.21 bits per heavy atom. The molecule has 0 unspecified atom stereocenters. The molecule has 1 aliphatic heterocycles. The highest BCUT2D eigenvalue weighted by Gasteiger charge is 2.31. The first-order chi connectivity index (χ1) is 16.1. The van der Waals surface area contributed by atoms with Gasteiger partial charge in [-0.1, -0.05) is 18.7 Å². The number of aromatic nitrogens is 6. The van der Waals surface area contributed by atoms with Crippen molar-refractivity contribution >= 4 is 17.4 Å². The lowest BCUT2D eigenvalue weighted by atomic mass is 9.87. The van der Waals surface area contributed by atoms with Gasteiger partial charge in [-0.3, -0.25) is 4.79 Å². The maximum absolute atomic E-state index is 12.7. The average molecular weight is 445 g/mol.